The monoisotopic (exact) mass is 360 g/mol. The molecule has 24 heavy (non-hydrogen) atoms. The van der Waals surface area contributed by atoms with Gasteiger partial charge in [-0.15, -0.1) is 11.8 Å². The molecule has 0 bridgehead atoms. The van der Waals surface area contributed by atoms with Crippen molar-refractivity contribution in [1.29, 1.82) is 0 Å². The predicted octanol–water partition coefficient (Wildman–Crippen LogP) is 2.13. The van der Waals surface area contributed by atoms with E-state index in [1.807, 2.05) is 0 Å². The lowest BCUT2D eigenvalue weighted by Gasteiger charge is -2.16. The Hall–Kier alpha value is -2.31. The van der Waals surface area contributed by atoms with Crippen molar-refractivity contribution >= 4 is 46.8 Å². The van der Waals surface area contributed by atoms with Crippen LogP contribution in [0.25, 0.3) is 0 Å². The fraction of sp³-hybridized carbons (Fsp3) is 0.118. The average molecular weight is 361 g/mol. The molecule has 122 valence electrons. The molecule has 0 aliphatic carbocycles. The smallest absolute Gasteiger partial charge is 0.247 e. The summed E-state index contributed by atoms with van der Waals surface area (Å²) in [7, 11) is 0. The highest BCUT2D eigenvalue weighted by Gasteiger charge is 2.40. The van der Waals surface area contributed by atoms with Gasteiger partial charge in [-0.2, -0.15) is 0 Å². The highest BCUT2D eigenvalue weighted by atomic mass is 35.5. The molecule has 1 fully saturated rings. The summed E-state index contributed by atoms with van der Waals surface area (Å²) < 4.78 is 0. The third-order valence-corrected chi connectivity index (χ3v) is 5.05. The number of carbonyl (C=O) groups is 3. The van der Waals surface area contributed by atoms with Gasteiger partial charge in [0.15, 0.2) is 0 Å². The molecule has 1 atom stereocenters. The molecule has 1 unspecified atom stereocenters. The van der Waals surface area contributed by atoms with Crippen molar-refractivity contribution in [2.75, 3.05) is 4.90 Å². The molecule has 1 aliphatic rings. The number of benzene rings is 2. The summed E-state index contributed by atoms with van der Waals surface area (Å²) in [6.07, 6.45) is -0.00258. The van der Waals surface area contributed by atoms with Crippen molar-refractivity contribution in [3.63, 3.8) is 0 Å². The molecule has 0 radical (unpaired) electrons. The molecule has 3 rings (SSSR count). The fourth-order valence-corrected chi connectivity index (χ4v) is 3.83. The van der Waals surface area contributed by atoms with Crippen molar-refractivity contribution in [2.45, 2.75) is 16.6 Å². The molecule has 5 nitrogen and oxygen atoms in total. The number of carboxylic acids is 1. The minimum absolute atomic E-state index is 0.00258. The van der Waals surface area contributed by atoms with Crippen molar-refractivity contribution in [2.24, 2.45) is 0 Å². The van der Waals surface area contributed by atoms with E-state index >= 15 is 0 Å². The van der Waals surface area contributed by atoms with Crippen molar-refractivity contribution < 1.29 is 19.5 Å². The molecule has 0 spiro atoms. The van der Waals surface area contributed by atoms with Crippen LogP contribution in [0.2, 0.25) is 5.02 Å². The van der Waals surface area contributed by atoms with Crippen LogP contribution in [-0.4, -0.2) is 23.0 Å². The van der Waals surface area contributed by atoms with Crippen LogP contribution in [0.3, 0.4) is 0 Å². The molecule has 1 aliphatic heterocycles. The number of rotatable bonds is 4. The lowest BCUT2D eigenvalue weighted by Crippen LogP contribution is -2.31. The quantitative estimate of drug-likeness (QED) is 0.780. The number of aromatic carboxylic acids is 1. The number of hydrogen-bond acceptors (Lipinski definition) is 5. The topological polar surface area (TPSA) is 77.5 Å². The first kappa shape index (κ1) is 16.5. The van der Waals surface area contributed by atoms with E-state index in [2.05, 4.69) is 0 Å². The maximum absolute atomic E-state index is 12.6. The van der Waals surface area contributed by atoms with E-state index < -0.39 is 11.2 Å². The van der Waals surface area contributed by atoms with Gasteiger partial charge in [0.1, 0.15) is 0 Å². The van der Waals surface area contributed by atoms with Crippen LogP contribution < -0.4 is 10.0 Å². The molecular weight excluding hydrogens is 350 g/mol. The standard InChI is InChI=1S/C17H12ClNO4S/c18-10-4-3-5-11(8-10)19-15(20)9-14(16(19)21)24-13-7-2-1-6-12(13)17(22)23/h1-8,14H,9H2,(H,22,23)/p-1. The lowest BCUT2D eigenvalue weighted by molar-refractivity contribution is -0.255. The van der Waals surface area contributed by atoms with Crippen molar-refractivity contribution in [1.82, 2.24) is 0 Å². The summed E-state index contributed by atoms with van der Waals surface area (Å²) in [6.45, 7) is 0. The van der Waals surface area contributed by atoms with Gasteiger partial charge in [-0.1, -0.05) is 35.9 Å². The normalized spacial score (nSPS) is 17.4. The maximum atomic E-state index is 12.6. The zero-order valence-electron chi connectivity index (χ0n) is 12.3. The van der Waals surface area contributed by atoms with E-state index in [-0.39, 0.29) is 23.8 Å². The first-order valence-electron chi connectivity index (χ1n) is 7.07. The molecule has 2 aromatic carbocycles. The average Bonchev–Trinajstić information content (AvgIpc) is 2.81. The van der Waals surface area contributed by atoms with Crippen molar-refractivity contribution in [3.8, 4) is 0 Å². The summed E-state index contributed by atoms with van der Waals surface area (Å²) in [5.74, 6) is -2.05. The number of amides is 2. The van der Waals surface area contributed by atoms with Crippen LogP contribution in [-0.2, 0) is 9.59 Å². The minimum Gasteiger partial charge on any atom is -0.545 e. The number of anilines is 1. The van der Waals surface area contributed by atoms with Crippen LogP contribution >= 0.6 is 23.4 Å². The SMILES string of the molecule is O=C([O-])c1ccccc1SC1CC(=O)N(c2cccc(Cl)c2)C1=O. The second kappa shape index (κ2) is 6.67. The molecule has 0 N–H and O–H groups in total. The molecule has 1 saturated heterocycles. The van der Waals surface area contributed by atoms with Gasteiger partial charge in [-0.05, 0) is 24.3 Å². The maximum Gasteiger partial charge on any atom is 0.247 e. The number of thioether (sulfide) groups is 1. The summed E-state index contributed by atoms with van der Waals surface area (Å²) in [6, 6.07) is 12.7. The first-order chi connectivity index (χ1) is 11.5. The Bertz CT molecular complexity index is 839. The van der Waals surface area contributed by atoms with Gasteiger partial charge in [0.25, 0.3) is 0 Å². The second-order valence-corrected chi connectivity index (χ2v) is 6.82. The minimum atomic E-state index is -1.32. The molecule has 2 amide bonds. The summed E-state index contributed by atoms with van der Waals surface area (Å²) in [4.78, 5) is 37.5. The number of halogens is 1. The third kappa shape index (κ3) is 3.16. The first-order valence-corrected chi connectivity index (χ1v) is 8.32. The molecule has 0 aromatic heterocycles. The summed E-state index contributed by atoms with van der Waals surface area (Å²) in [5.41, 5.74) is 0.415. The van der Waals surface area contributed by atoms with Gasteiger partial charge in [-0.3, -0.25) is 9.59 Å². The third-order valence-electron chi connectivity index (χ3n) is 3.55. The van der Waals surface area contributed by atoms with E-state index in [9.17, 15) is 19.5 Å². The van der Waals surface area contributed by atoms with E-state index in [0.29, 0.717) is 15.6 Å². The van der Waals surface area contributed by atoms with E-state index in [1.165, 1.54) is 6.07 Å². The molecule has 1 heterocycles. The highest BCUT2D eigenvalue weighted by Crippen LogP contribution is 2.35. The Morgan fingerprint density at radius 3 is 2.62 bits per heavy atom. The van der Waals surface area contributed by atoms with Crippen molar-refractivity contribution in [3.05, 3.63) is 59.1 Å². The zero-order chi connectivity index (χ0) is 17.3. The van der Waals surface area contributed by atoms with Gasteiger partial charge in [0.2, 0.25) is 11.8 Å². The zero-order valence-corrected chi connectivity index (χ0v) is 13.8. The van der Waals surface area contributed by atoms with Crippen LogP contribution in [0.1, 0.15) is 16.8 Å². The van der Waals surface area contributed by atoms with Crippen LogP contribution in [0.5, 0.6) is 0 Å². The summed E-state index contributed by atoms with van der Waals surface area (Å²) in [5, 5.41) is 10.9. The predicted molar refractivity (Wildman–Crippen MR) is 89.0 cm³/mol. The van der Waals surface area contributed by atoms with E-state index in [4.69, 9.17) is 11.6 Å². The van der Waals surface area contributed by atoms with E-state index in [0.717, 1.165) is 16.7 Å². The number of hydrogen-bond donors (Lipinski definition) is 0. The Labute approximate surface area is 147 Å². The van der Waals surface area contributed by atoms with Gasteiger partial charge < -0.3 is 9.90 Å². The fourth-order valence-electron chi connectivity index (χ4n) is 2.47. The van der Waals surface area contributed by atoms with Gasteiger partial charge >= 0.3 is 0 Å². The largest absolute Gasteiger partial charge is 0.545 e. The van der Waals surface area contributed by atoms with Crippen LogP contribution in [0.15, 0.2) is 53.4 Å². The molecular formula is C17H11ClNO4S-. The summed E-state index contributed by atoms with van der Waals surface area (Å²) >= 11 is 6.97. The second-order valence-electron chi connectivity index (χ2n) is 5.14. The van der Waals surface area contributed by atoms with Crippen LogP contribution in [0.4, 0.5) is 5.69 Å². The Kier molecular flexibility index (Phi) is 4.59. The van der Waals surface area contributed by atoms with Crippen LogP contribution in [0, 0.1) is 0 Å². The lowest BCUT2D eigenvalue weighted by atomic mass is 10.2. The number of nitrogens with zero attached hydrogens (tertiary/aromatic N) is 1. The Morgan fingerprint density at radius 2 is 1.92 bits per heavy atom. The van der Waals surface area contributed by atoms with Gasteiger partial charge in [0.05, 0.1) is 16.9 Å². The number of carboxylic acid groups (broad SMARTS) is 1. The van der Waals surface area contributed by atoms with Gasteiger partial charge in [0, 0.05) is 21.9 Å². The highest BCUT2D eigenvalue weighted by molar-refractivity contribution is 8.00. The number of imide groups is 1. The molecule has 2 aromatic rings. The Morgan fingerprint density at radius 1 is 1.17 bits per heavy atom. The molecule has 0 saturated carbocycles. The van der Waals surface area contributed by atoms with E-state index in [1.54, 1.807) is 42.5 Å². The Balaban J connectivity index is 1.86. The number of carbonyl (C=O) groups excluding carboxylic acids is 3. The van der Waals surface area contributed by atoms with Gasteiger partial charge in [-0.25, -0.2) is 4.90 Å². The molecule has 7 heteroatoms.